The Hall–Kier alpha value is -1.80. The summed E-state index contributed by atoms with van der Waals surface area (Å²) < 4.78 is 5.35. The molecule has 0 saturated carbocycles. The Morgan fingerprint density at radius 3 is 2.45 bits per heavy atom. The second kappa shape index (κ2) is 6.58. The molecule has 0 aromatic heterocycles. The number of hydrogen-bond acceptors (Lipinski definition) is 2. The molecule has 0 aliphatic rings. The lowest BCUT2D eigenvalue weighted by atomic mass is 9.95. The first kappa shape index (κ1) is 14.6. The maximum absolute atomic E-state index is 5.35. The molecule has 2 aromatic carbocycles. The zero-order chi connectivity index (χ0) is 14.5. The quantitative estimate of drug-likeness (QED) is 0.879. The highest BCUT2D eigenvalue weighted by Gasteiger charge is 2.09. The molecule has 0 bridgehead atoms. The van der Waals surface area contributed by atoms with Gasteiger partial charge in [-0.25, -0.2) is 0 Å². The van der Waals surface area contributed by atoms with E-state index in [1.807, 2.05) is 6.07 Å². The number of rotatable bonds is 5. The van der Waals surface area contributed by atoms with Crippen LogP contribution in [0.5, 0.6) is 5.75 Å². The highest BCUT2D eigenvalue weighted by Crippen LogP contribution is 2.29. The molecule has 2 aromatic rings. The number of hydrogen-bond donors (Lipinski definition) is 1. The van der Waals surface area contributed by atoms with Gasteiger partial charge in [-0.3, -0.25) is 0 Å². The minimum Gasteiger partial charge on any atom is -0.497 e. The zero-order valence-electron chi connectivity index (χ0n) is 12.7. The molecule has 2 rings (SSSR count). The molecule has 2 heteroatoms. The normalized spacial score (nSPS) is 10.8. The van der Waals surface area contributed by atoms with Crippen LogP contribution in [0.3, 0.4) is 0 Å². The summed E-state index contributed by atoms with van der Waals surface area (Å²) in [6.07, 6.45) is 0. The third kappa shape index (κ3) is 3.40. The number of ether oxygens (including phenoxy) is 1. The van der Waals surface area contributed by atoms with Crippen molar-refractivity contribution in [2.75, 3.05) is 7.11 Å². The first-order valence-electron chi connectivity index (χ1n) is 7.08. The smallest absolute Gasteiger partial charge is 0.119 e. The van der Waals surface area contributed by atoms with Gasteiger partial charge in [0.25, 0.3) is 0 Å². The lowest BCUT2D eigenvalue weighted by Crippen LogP contribution is -2.22. The van der Waals surface area contributed by atoms with E-state index in [1.165, 1.54) is 22.3 Å². The fourth-order valence-corrected chi connectivity index (χ4v) is 2.30. The highest BCUT2D eigenvalue weighted by molar-refractivity contribution is 5.71. The standard InChI is InChI=1S/C18H23NO/c1-13(2)19-12-15-11-16(20-4)9-10-18(15)17-8-6-5-7-14(17)3/h5-11,13,19H,12H2,1-4H3. The third-order valence-electron chi connectivity index (χ3n) is 3.45. The Kier molecular flexibility index (Phi) is 4.80. The van der Waals surface area contributed by atoms with Crippen LogP contribution in [-0.4, -0.2) is 13.2 Å². The van der Waals surface area contributed by atoms with E-state index in [-0.39, 0.29) is 0 Å². The summed E-state index contributed by atoms with van der Waals surface area (Å²) in [4.78, 5) is 0. The van der Waals surface area contributed by atoms with Crippen LogP contribution < -0.4 is 10.1 Å². The number of methoxy groups -OCH3 is 1. The molecule has 0 atom stereocenters. The maximum Gasteiger partial charge on any atom is 0.119 e. The zero-order valence-corrected chi connectivity index (χ0v) is 12.7. The van der Waals surface area contributed by atoms with Crippen molar-refractivity contribution in [2.45, 2.75) is 33.4 Å². The van der Waals surface area contributed by atoms with E-state index in [9.17, 15) is 0 Å². The van der Waals surface area contributed by atoms with Crippen molar-refractivity contribution in [3.05, 3.63) is 53.6 Å². The first-order chi connectivity index (χ1) is 9.61. The molecule has 0 aliphatic carbocycles. The summed E-state index contributed by atoms with van der Waals surface area (Å²) in [5, 5.41) is 3.49. The molecule has 0 spiro atoms. The average Bonchev–Trinajstić information content (AvgIpc) is 2.45. The van der Waals surface area contributed by atoms with Crippen molar-refractivity contribution < 1.29 is 4.74 Å². The lowest BCUT2D eigenvalue weighted by Gasteiger charge is -2.15. The van der Waals surface area contributed by atoms with Gasteiger partial charge in [0.05, 0.1) is 7.11 Å². The largest absolute Gasteiger partial charge is 0.497 e. The van der Waals surface area contributed by atoms with Crippen LogP contribution in [-0.2, 0) is 6.54 Å². The molecule has 1 N–H and O–H groups in total. The highest BCUT2D eigenvalue weighted by atomic mass is 16.5. The van der Waals surface area contributed by atoms with Crippen molar-refractivity contribution in [1.82, 2.24) is 5.32 Å². The molecule has 2 nitrogen and oxygen atoms in total. The van der Waals surface area contributed by atoms with Gasteiger partial charge in [0, 0.05) is 12.6 Å². The van der Waals surface area contributed by atoms with Gasteiger partial charge < -0.3 is 10.1 Å². The Bertz CT molecular complexity index is 575. The van der Waals surface area contributed by atoms with Gasteiger partial charge in [-0.2, -0.15) is 0 Å². The fraction of sp³-hybridized carbons (Fsp3) is 0.333. The Labute approximate surface area is 121 Å². The summed E-state index contributed by atoms with van der Waals surface area (Å²) in [6, 6.07) is 15.3. The molecule has 106 valence electrons. The average molecular weight is 269 g/mol. The second-order valence-corrected chi connectivity index (χ2v) is 5.37. The fourth-order valence-electron chi connectivity index (χ4n) is 2.30. The van der Waals surface area contributed by atoms with Gasteiger partial charge >= 0.3 is 0 Å². The maximum atomic E-state index is 5.35. The van der Waals surface area contributed by atoms with Crippen molar-refractivity contribution >= 4 is 0 Å². The predicted octanol–water partition coefficient (Wildman–Crippen LogP) is 4.17. The van der Waals surface area contributed by atoms with E-state index in [0.717, 1.165) is 12.3 Å². The first-order valence-corrected chi connectivity index (χ1v) is 7.08. The van der Waals surface area contributed by atoms with Crippen LogP contribution in [0.2, 0.25) is 0 Å². The summed E-state index contributed by atoms with van der Waals surface area (Å²) in [5.74, 6) is 0.905. The molecular formula is C18H23NO. The molecule has 20 heavy (non-hydrogen) atoms. The molecule has 0 saturated heterocycles. The summed E-state index contributed by atoms with van der Waals surface area (Å²) >= 11 is 0. The van der Waals surface area contributed by atoms with E-state index in [4.69, 9.17) is 4.74 Å². The van der Waals surface area contributed by atoms with Crippen molar-refractivity contribution in [2.24, 2.45) is 0 Å². The third-order valence-corrected chi connectivity index (χ3v) is 3.45. The van der Waals surface area contributed by atoms with Gasteiger partial charge in [0.1, 0.15) is 5.75 Å². The number of nitrogens with one attached hydrogen (secondary N) is 1. The molecule has 0 amide bonds. The Morgan fingerprint density at radius 1 is 1.05 bits per heavy atom. The molecule has 0 heterocycles. The van der Waals surface area contributed by atoms with Crippen molar-refractivity contribution in [3.63, 3.8) is 0 Å². The van der Waals surface area contributed by atoms with Gasteiger partial charge in [0.2, 0.25) is 0 Å². The molecular weight excluding hydrogens is 246 g/mol. The Balaban J connectivity index is 2.43. The SMILES string of the molecule is COc1ccc(-c2ccccc2C)c(CNC(C)C)c1. The van der Waals surface area contributed by atoms with Crippen LogP contribution in [0, 0.1) is 6.92 Å². The van der Waals surface area contributed by atoms with Crippen LogP contribution in [0.4, 0.5) is 0 Å². The van der Waals surface area contributed by atoms with E-state index in [0.29, 0.717) is 6.04 Å². The lowest BCUT2D eigenvalue weighted by molar-refractivity contribution is 0.414. The minimum absolute atomic E-state index is 0.464. The van der Waals surface area contributed by atoms with Gasteiger partial charge in [-0.05, 0) is 41.3 Å². The van der Waals surface area contributed by atoms with E-state index < -0.39 is 0 Å². The second-order valence-electron chi connectivity index (χ2n) is 5.37. The molecule has 0 unspecified atom stereocenters. The summed E-state index contributed by atoms with van der Waals surface area (Å²) in [5.41, 5.74) is 5.13. The van der Waals surface area contributed by atoms with Crippen LogP contribution in [0.15, 0.2) is 42.5 Å². The van der Waals surface area contributed by atoms with Crippen molar-refractivity contribution in [1.29, 1.82) is 0 Å². The molecule has 0 fully saturated rings. The van der Waals surface area contributed by atoms with E-state index >= 15 is 0 Å². The summed E-state index contributed by atoms with van der Waals surface area (Å²) in [6.45, 7) is 7.32. The monoisotopic (exact) mass is 269 g/mol. The minimum atomic E-state index is 0.464. The molecule has 0 aliphatic heterocycles. The van der Waals surface area contributed by atoms with Crippen molar-refractivity contribution in [3.8, 4) is 16.9 Å². The predicted molar refractivity (Wildman–Crippen MR) is 85.1 cm³/mol. The van der Waals surface area contributed by atoms with Gasteiger partial charge in [0.15, 0.2) is 0 Å². The number of benzene rings is 2. The van der Waals surface area contributed by atoms with Gasteiger partial charge in [-0.15, -0.1) is 0 Å². The summed E-state index contributed by atoms with van der Waals surface area (Å²) in [7, 11) is 1.71. The van der Waals surface area contributed by atoms with Crippen LogP contribution in [0.25, 0.3) is 11.1 Å². The van der Waals surface area contributed by atoms with Crippen LogP contribution in [0.1, 0.15) is 25.0 Å². The molecule has 0 radical (unpaired) electrons. The topological polar surface area (TPSA) is 21.3 Å². The Morgan fingerprint density at radius 2 is 1.80 bits per heavy atom. The van der Waals surface area contributed by atoms with Crippen LogP contribution >= 0.6 is 0 Å². The number of aryl methyl sites for hydroxylation is 1. The van der Waals surface area contributed by atoms with E-state index in [2.05, 4.69) is 62.5 Å². The van der Waals surface area contributed by atoms with Gasteiger partial charge in [-0.1, -0.05) is 44.2 Å². The van der Waals surface area contributed by atoms with E-state index in [1.54, 1.807) is 7.11 Å².